The van der Waals surface area contributed by atoms with Crippen LogP contribution in [-0.2, 0) is 19.1 Å². The SMILES string of the molecule is C.C.C.C.C.C.C.C.C.C.C.C.C.C.C.C=C(C)C(CNC(=O)CC)CC(=O)O.CCOCC(=O)O. The molecule has 0 fully saturated rings. The summed E-state index contributed by atoms with van der Waals surface area (Å²) in [6.45, 7) is 9.61. The summed E-state index contributed by atoms with van der Waals surface area (Å²) in [5.74, 6) is -2.03. The van der Waals surface area contributed by atoms with Crippen molar-refractivity contribution in [2.75, 3.05) is 19.8 Å². The van der Waals surface area contributed by atoms with Gasteiger partial charge in [0.05, 0.1) is 6.42 Å². The van der Waals surface area contributed by atoms with Crippen molar-refractivity contribution < 1.29 is 29.3 Å². The Hall–Kier alpha value is -1.89. The van der Waals surface area contributed by atoms with Gasteiger partial charge in [-0.2, -0.15) is 0 Å². The maximum Gasteiger partial charge on any atom is 0.329 e. The number of amides is 1. The quantitative estimate of drug-likeness (QED) is 0.249. The van der Waals surface area contributed by atoms with E-state index in [0.717, 1.165) is 5.57 Å². The normalized spacial score (nSPS) is 6.31. The molecule has 7 heteroatoms. The molecule has 0 saturated heterocycles. The van der Waals surface area contributed by atoms with Crippen LogP contribution in [0.5, 0.6) is 0 Å². The Kier molecular flexibility index (Phi) is 300. The minimum atomic E-state index is -0.915. The van der Waals surface area contributed by atoms with Gasteiger partial charge in [-0.25, -0.2) is 4.79 Å². The Morgan fingerprint density at radius 2 is 1.06 bits per heavy atom. The highest BCUT2D eigenvalue weighted by Crippen LogP contribution is 2.11. The fraction of sp³-hybridized carbons (Fsp3) is 0.828. The van der Waals surface area contributed by atoms with Crippen LogP contribution in [0.4, 0.5) is 0 Å². The highest BCUT2D eigenvalue weighted by molar-refractivity contribution is 5.75. The second-order valence-corrected chi connectivity index (χ2v) is 4.33. The smallest absolute Gasteiger partial charge is 0.329 e. The van der Waals surface area contributed by atoms with E-state index in [4.69, 9.17) is 10.2 Å². The number of aliphatic carboxylic acids is 2. The molecule has 0 rings (SSSR count). The van der Waals surface area contributed by atoms with Crippen molar-refractivity contribution in [1.82, 2.24) is 5.32 Å². The maximum absolute atomic E-state index is 10.9. The lowest BCUT2D eigenvalue weighted by atomic mass is 9.98. The van der Waals surface area contributed by atoms with Crippen LogP contribution in [0.2, 0.25) is 0 Å². The van der Waals surface area contributed by atoms with E-state index in [9.17, 15) is 14.4 Å². The first-order valence-electron chi connectivity index (χ1n) is 6.67. The second-order valence-electron chi connectivity index (χ2n) is 4.33. The molecule has 1 amide bonds. The van der Waals surface area contributed by atoms with Crippen LogP contribution in [-0.4, -0.2) is 47.8 Å². The minimum absolute atomic E-state index is 0. The number of carbonyl (C=O) groups excluding carboxylic acids is 1. The molecule has 0 aromatic heterocycles. The topological polar surface area (TPSA) is 113 Å². The Bertz CT molecular complexity index is 360. The lowest BCUT2D eigenvalue weighted by Crippen LogP contribution is -2.30. The predicted octanol–water partition coefficient (Wildman–Crippen LogP) is 10.8. The van der Waals surface area contributed by atoms with Crippen LogP contribution in [0.15, 0.2) is 12.2 Å². The number of carbonyl (C=O) groups is 3. The van der Waals surface area contributed by atoms with Gasteiger partial charge in [0.2, 0.25) is 5.91 Å². The van der Waals surface area contributed by atoms with Gasteiger partial charge in [0.25, 0.3) is 0 Å². The van der Waals surface area contributed by atoms with Crippen molar-refractivity contribution in [3.63, 3.8) is 0 Å². The van der Waals surface area contributed by atoms with E-state index < -0.39 is 11.9 Å². The van der Waals surface area contributed by atoms with Crippen LogP contribution in [0.25, 0.3) is 0 Å². The summed E-state index contributed by atoms with van der Waals surface area (Å²) in [5, 5.41) is 19.2. The number of rotatable bonds is 9. The van der Waals surface area contributed by atoms with Gasteiger partial charge >= 0.3 is 11.9 Å². The molecule has 0 saturated carbocycles. The monoisotopic (exact) mass is 544 g/mol. The molecule has 36 heavy (non-hydrogen) atoms. The number of hydrogen-bond donors (Lipinski definition) is 3. The van der Waals surface area contributed by atoms with Gasteiger partial charge < -0.3 is 20.3 Å². The molecule has 1 unspecified atom stereocenters. The Labute approximate surface area is 235 Å². The summed E-state index contributed by atoms with van der Waals surface area (Å²) in [6, 6.07) is 0. The molecule has 0 aromatic rings. The number of hydrogen-bond acceptors (Lipinski definition) is 4. The molecule has 0 aliphatic rings. The van der Waals surface area contributed by atoms with Gasteiger partial charge in [-0.1, -0.05) is 130 Å². The fourth-order valence-corrected chi connectivity index (χ4v) is 1.18. The predicted molar refractivity (Wildman–Crippen MR) is 179 cm³/mol. The van der Waals surface area contributed by atoms with E-state index in [1.54, 1.807) is 20.8 Å². The van der Waals surface area contributed by atoms with Crippen LogP contribution in [0, 0.1) is 5.92 Å². The zero-order valence-corrected chi connectivity index (χ0v) is 12.8. The minimum Gasteiger partial charge on any atom is -0.481 e. The summed E-state index contributed by atoms with van der Waals surface area (Å²) in [4.78, 5) is 31.0. The van der Waals surface area contributed by atoms with Gasteiger partial charge in [-0.3, -0.25) is 9.59 Å². The average Bonchev–Trinajstić information content (AvgIpc) is 2.40. The largest absolute Gasteiger partial charge is 0.481 e. The molecule has 3 N–H and O–H groups in total. The number of nitrogens with one attached hydrogen (secondary N) is 1. The summed E-state index contributed by atoms with van der Waals surface area (Å²) in [6.07, 6.45) is 0.426. The van der Waals surface area contributed by atoms with Crippen molar-refractivity contribution in [2.45, 2.75) is 145 Å². The first kappa shape index (κ1) is 128. The summed E-state index contributed by atoms with van der Waals surface area (Å²) < 4.78 is 4.50. The van der Waals surface area contributed by atoms with Crippen LogP contribution in [0.1, 0.15) is 145 Å². The van der Waals surface area contributed by atoms with E-state index >= 15 is 0 Å². The first-order chi connectivity index (χ1) is 9.74. The van der Waals surface area contributed by atoms with Gasteiger partial charge in [0, 0.05) is 25.5 Å². The highest BCUT2D eigenvalue weighted by atomic mass is 16.5. The van der Waals surface area contributed by atoms with Crippen molar-refractivity contribution >= 4 is 17.8 Å². The van der Waals surface area contributed by atoms with Crippen LogP contribution >= 0.6 is 0 Å². The van der Waals surface area contributed by atoms with E-state index in [1.807, 2.05) is 0 Å². The average molecular weight is 544 g/mol. The lowest BCUT2D eigenvalue weighted by Gasteiger charge is -2.15. The van der Waals surface area contributed by atoms with E-state index in [2.05, 4.69) is 16.6 Å². The molecular formula is C29H85NO6. The van der Waals surface area contributed by atoms with Gasteiger partial charge in [0.15, 0.2) is 0 Å². The molecule has 0 aliphatic carbocycles. The number of ether oxygens (including phenoxy) is 1. The van der Waals surface area contributed by atoms with E-state index in [1.165, 1.54) is 0 Å². The Morgan fingerprint density at radius 1 is 0.722 bits per heavy atom. The third kappa shape index (κ3) is 106. The standard InChI is InChI=1S/C10H17NO3.C4H8O3.15CH4/c1-4-9(12)11-6-8(7(2)3)5-10(13)14;1-2-7-3-4(5)6;;;;;;;;;;;;;;;/h8H,2,4-6H2,1,3H3,(H,11,12)(H,13,14);2-3H2,1H3,(H,5,6);15*1H4. The van der Waals surface area contributed by atoms with Crippen molar-refractivity contribution in [3.8, 4) is 0 Å². The third-order valence-electron chi connectivity index (χ3n) is 2.41. The lowest BCUT2D eigenvalue weighted by molar-refractivity contribution is -0.142. The molecule has 7 nitrogen and oxygen atoms in total. The van der Waals surface area contributed by atoms with Gasteiger partial charge in [-0.05, 0) is 13.8 Å². The summed E-state index contributed by atoms with van der Waals surface area (Å²) in [7, 11) is 0. The zero-order valence-electron chi connectivity index (χ0n) is 12.8. The number of carboxylic acid groups (broad SMARTS) is 2. The van der Waals surface area contributed by atoms with Crippen molar-refractivity contribution in [1.29, 1.82) is 0 Å². The van der Waals surface area contributed by atoms with Crippen LogP contribution < -0.4 is 5.32 Å². The molecule has 0 aromatic carbocycles. The Morgan fingerprint density at radius 3 is 1.22 bits per heavy atom. The number of carboxylic acids is 2. The molecule has 0 radical (unpaired) electrons. The highest BCUT2D eigenvalue weighted by Gasteiger charge is 2.14. The molecule has 242 valence electrons. The summed E-state index contributed by atoms with van der Waals surface area (Å²) >= 11 is 0. The zero-order chi connectivity index (χ0) is 16.8. The van der Waals surface area contributed by atoms with E-state index in [0.29, 0.717) is 19.6 Å². The third-order valence-corrected chi connectivity index (χ3v) is 2.41. The molecular weight excluding hydrogens is 458 g/mol. The molecule has 0 aliphatic heterocycles. The van der Waals surface area contributed by atoms with Gasteiger partial charge in [-0.15, -0.1) is 0 Å². The molecule has 0 spiro atoms. The van der Waals surface area contributed by atoms with E-state index in [-0.39, 0.29) is 136 Å². The van der Waals surface area contributed by atoms with Crippen molar-refractivity contribution in [3.05, 3.63) is 12.2 Å². The fourth-order valence-electron chi connectivity index (χ4n) is 1.18. The molecule has 0 bridgehead atoms. The maximum atomic E-state index is 10.9. The summed E-state index contributed by atoms with van der Waals surface area (Å²) in [5.41, 5.74) is 0.781. The van der Waals surface area contributed by atoms with Crippen LogP contribution in [0.3, 0.4) is 0 Å². The second kappa shape index (κ2) is 84.4. The molecule has 0 heterocycles. The Balaban J connectivity index is -0.0000000101. The van der Waals surface area contributed by atoms with Gasteiger partial charge in [0.1, 0.15) is 6.61 Å². The van der Waals surface area contributed by atoms with Crippen molar-refractivity contribution in [2.24, 2.45) is 5.92 Å². The first-order valence-corrected chi connectivity index (χ1v) is 6.67. The molecule has 1 atom stereocenters.